The molecule has 0 unspecified atom stereocenters. The number of benzene rings is 8. The molecule has 0 saturated heterocycles. The highest BCUT2D eigenvalue weighted by atomic mass is 32.1. The van der Waals surface area contributed by atoms with Crippen LogP contribution in [0.25, 0.3) is 80.7 Å². The highest BCUT2D eigenvalue weighted by Crippen LogP contribution is 2.45. The molecule has 10 aromatic rings. The molecule has 0 saturated carbocycles. The van der Waals surface area contributed by atoms with Gasteiger partial charge in [-0.2, -0.15) is 0 Å². The number of para-hydroxylation sites is 1. The predicted molar refractivity (Wildman–Crippen MR) is 236 cm³/mol. The summed E-state index contributed by atoms with van der Waals surface area (Å²) >= 11 is 1.87. The Labute approximate surface area is 323 Å². The van der Waals surface area contributed by atoms with E-state index in [9.17, 15) is 0 Å². The van der Waals surface area contributed by atoms with E-state index in [1.54, 1.807) is 0 Å². The Hall–Kier alpha value is -6.68. The van der Waals surface area contributed by atoms with E-state index in [0.717, 1.165) is 62.7 Å². The van der Waals surface area contributed by atoms with Crippen LogP contribution in [0, 0.1) is 0 Å². The molecule has 11 rings (SSSR count). The number of nitrogens with zero attached hydrogens (tertiary/aromatic N) is 1. The molecule has 1 aliphatic rings. The van der Waals surface area contributed by atoms with Gasteiger partial charge in [0.1, 0.15) is 11.2 Å². The van der Waals surface area contributed by atoms with E-state index in [2.05, 4.69) is 193 Å². The smallest absolute Gasteiger partial charge is 0.143 e. The first kappa shape index (κ1) is 31.8. The molecule has 2 nitrogen and oxygen atoms in total. The van der Waals surface area contributed by atoms with Crippen molar-refractivity contribution in [1.82, 2.24) is 0 Å². The third kappa shape index (κ3) is 5.39. The van der Waals surface area contributed by atoms with Gasteiger partial charge in [0.2, 0.25) is 0 Å². The molecule has 1 aliphatic carbocycles. The van der Waals surface area contributed by atoms with Crippen LogP contribution in [0.2, 0.25) is 0 Å². The van der Waals surface area contributed by atoms with Gasteiger partial charge in [-0.3, -0.25) is 0 Å². The van der Waals surface area contributed by atoms with Crippen molar-refractivity contribution in [2.24, 2.45) is 0 Å². The number of fused-ring (bicyclic) bond motifs is 8. The lowest BCUT2D eigenvalue weighted by Gasteiger charge is -2.29. The first-order valence-electron chi connectivity index (χ1n) is 19.0. The first-order chi connectivity index (χ1) is 27.3. The van der Waals surface area contributed by atoms with Gasteiger partial charge < -0.3 is 9.32 Å². The van der Waals surface area contributed by atoms with E-state index >= 15 is 0 Å². The van der Waals surface area contributed by atoms with Gasteiger partial charge >= 0.3 is 0 Å². The van der Waals surface area contributed by atoms with Crippen LogP contribution in [0.3, 0.4) is 0 Å². The summed E-state index contributed by atoms with van der Waals surface area (Å²) in [5.74, 6) is 0. The Balaban J connectivity index is 1.06. The predicted octanol–water partition coefficient (Wildman–Crippen LogP) is 15.6. The molecule has 0 N–H and O–H groups in total. The van der Waals surface area contributed by atoms with E-state index in [1.807, 2.05) is 11.3 Å². The van der Waals surface area contributed by atoms with Gasteiger partial charge in [0.25, 0.3) is 0 Å². The Morgan fingerprint density at radius 3 is 2.18 bits per heavy atom. The second kappa shape index (κ2) is 13.0. The minimum Gasteiger partial charge on any atom is -0.455 e. The average molecular weight is 722 g/mol. The summed E-state index contributed by atoms with van der Waals surface area (Å²) in [5, 5.41) is 7.25. The molecule has 0 atom stereocenters. The summed E-state index contributed by atoms with van der Waals surface area (Å²) in [6.07, 6.45) is 8.79. The maximum Gasteiger partial charge on any atom is 0.143 e. The molecule has 0 radical (unpaired) electrons. The van der Waals surface area contributed by atoms with E-state index in [-0.39, 0.29) is 0 Å². The number of rotatable bonds is 6. The fourth-order valence-corrected chi connectivity index (χ4v) is 9.66. The topological polar surface area (TPSA) is 16.4 Å². The summed E-state index contributed by atoms with van der Waals surface area (Å²) in [6.45, 7) is 0. The largest absolute Gasteiger partial charge is 0.455 e. The fourth-order valence-electron chi connectivity index (χ4n) is 8.51. The molecule has 2 aromatic heterocycles. The summed E-state index contributed by atoms with van der Waals surface area (Å²) in [4.78, 5) is 2.43. The van der Waals surface area contributed by atoms with Crippen LogP contribution in [0.15, 0.2) is 193 Å². The van der Waals surface area contributed by atoms with Gasteiger partial charge in [-0.15, -0.1) is 11.3 Å². The van der Waals surface area contributed by atoms with E-state index in [0.29, 0.717) is 0 Å². The van der Waals surface area contributed by atoms with Crippen molar-refractivity contribution in [3.63, 3.8) is 0 Å². The molecule has 260 valence electrons. The quantitative estimate of drug-likeness (QED) is 0.170. The van der Waals surface area contributed by atoms with Gasteiger partial charge in [-0.25, -0.2) is 0 Å². The standard InChI is InChI=1S/C52H35NOS/c1-2-12-35(13-3-1)41-17-6-8-21-47(41)53(39-28-24-34(25-29-39)37-27-30-45-44-19-7-9-23-49(44)55-50(45)33-37)40-16-10-15-38(32-40)42-20-11-22-48-51(42)46-31-26-36-14-4-5-18-43(36)52(46)54-48/h1-2,4-12,14-33H,3,13H2. The number of anilines is 3. The van der Waals surface area contributed by atoms with Gasteiger partial charge in [0, 0.05) is 53.3 Å². The second-order valence-corrected chi connectivity index (χ2v) is 15.4. The highest BCUT2D eigenvalue weighted by molar-refractivity contribution is 7.25. The first-order valence-corrected chi connectivity index (χ1v) is 19.8. The fraction of sp³-hybridized carbons (Fsp3) is 0.0385. The minimum atomic E-state index is 0.901. The lowest BCUT2D eigenvalue weighted by atomic mass is 9.94. The van der Waals surface area contributed by atoms with Crippen molar-refractivity contribution in [3.8, 4) is 22.3 Å². The average Bonchev–Trinajstić information content (AvgIpc) is 3.83. The van der Waals surface area contributed by atoms with E-state index in [1.165, 1.54) is 53.5 Å². The number of allylic oxidation sites excluding steroid dienone is 4. The van der Waals surface area contributed by atoms with Crippen LogP contribution >= 0.6 is 11.3 Å². The number of thiophene rings is 1. The summed E-state index contributed by atoms with van der Waals surface area (Å²) < 4.78 is 9.24. The van der Waals surface area contributed by atoms with Crippen molar-refractivity contribution in [2.75, 3.05) is 4.90 Å². The maximum absolute atomic E-state index is 6.59. The van der Waals surface area contributed by atoms with Gasteiger partial charge in [-0.05, 0) is 101 Å². The molecule has 0 bridgehead atoms. The van der Waals surface area contributed by atoms with Crippen LogP contribution < -0.4 is 4.90 Å². The van der Waals surface area contributed by atoms with Gasteiger partial charge in [0.05, 0.1) is 5.69 Å². The third-order valence-corrected chi connectivity index (χ3v) is 12.3. The molecular formula is C52H35NOS. The maximum atomic E-state index is 6.59. The molecule has 3 heteroatoms. The molecule has 8 aromatic carbocycles. The Morgan fingerprint density at radius 2 is 1.27 bits per heavy atom. The van der Waals surface area contributed by atoms with Crippen LogP contribution in [0.5, 0.6) is 0 Å². The minimum absolute atomic E-state index is 0.901. The summed E-state index contributed by atoms with van der Waals surface area (Å²) in [5.41, 5.74) is 12.6. The number of hydrogen-bond acceptors (Lipinski definition) is 3. The van der Waals surface area contributed by atoms with Crippen molar-refractivity contribution in [3.05, 3.63) is 194 Å². The van der Waals surface area contributed by atoms with Gasteiger partial charge in [0.15, 0.2) is 0 Å². The second-order valence-electron chi connectivity index (χ2n) is 14.4. The molecule has 0 amide bonds. The normalized spacial score (nSPS) is 13.0. The summed E-state index contributed by atoms with van der Waals surface area (Å²) in [7, 11) is 0. The van der Waals surface area contributed by atoms with Crippen LogP contribution in [-0.4, -0.2) is 0 Å². The Kier molecular flexibility index (Phi) is 7.53. The van der Waals surface area contributed by atoms with Crippen LogP contribution in [0.4, 0.5) is 17.1 Å². The SMILES string of the molecule is C1=CCCC(c2ccccc2N(c2ccc(-c3ccc4c(c3)sc3ccccc34)cc2)c2cccc(-c3cccc4oc5c6ccccc6ccc5c34)c2)=C1. The van der Waals surface area contributed by atoms with Gasteiger partial charge in [-0.1, -0.05) is 133 Å². The molecule has 0 spiro atoms. The molecule has 55 heavy (non-hydrogen) atoms. The number of hydrogen-bond donors (Lipinski definition) is 0. The number of furan rings is 1. The monoisotopic (exact) mass is 721 g/mol. The molecule has 2 heterocycles. The lowest BCUT2D eigenvalue weighted by molar-refractivity contribution is 0.673. The van der Waals surface area contributed by atoms with Crippen LogP contribution in [-0.2, 0) is 0 Å². The summed E-state index contributed by atoms with van der Waals surface area (Å²) in [6, 6.07) is 61.8. The van der Waals surface area contributed by atoms with Crippen molar-refractivity contribution in [2.45, 2.75) is 12.8 Å². The van der Waals surface area contributed by atoms with Crippen LogP contribution in [0.1, 0.15) is 18.4 Å². The highest BCUT2D eigenvalue weighted by Gasteiger charge is 2.21. The van der Waals surface area contributed by atoms with Crippen molar-refractivity contribution in [1.29, 1.82) is 0 Å². The van der Waals surface area contributed by atoms with Crippen molar-refractivity contribution < 1.29 is 4.42 Å². The molecule has 0 aliphatic heterocycles. The third-order valence-electron chi connectivity index (χ3n) is 11.1. The molecule has 0 fully saturated rings. The molecular weight excluding hydrogens is 687 g/mol. The lowest BCUT2D eigenvalue weighted by Crippen LogP contribution is -2.12. The Bertz CT molecular complexity index is 3160. The zero-order valence-corrected chi connectivity index (χ0v) is 30.9. The Morgan fingerprint density at radius 1 is 0.509 bits per heavy atom. The van der Waals surface area contributed by atoms with Crippen molar-refractivity contribution >= 4 is 86.9 Å². The van der Waals surface area contributed by atoms with E-state index < -0.39 is 0 Å². The zero-order chi connectivity index (χ0) is 36.3. The van der Waals surface area contributed by atoms with E-state index in [4.69, 9.17) is 4.42 Å². The zero-order valence-electron chi connectivity index (χ0n) is 30.1.